The number of nitrogens with one attached hydrogen (secondary N) is 1. The standard InChI is InChI=1S/C21H28N2O4/c1-25-14-8-7-13-23(16-17-9-5-4-6-10-17)21(24)22-19-15-18(26-2)11-12-20(19)27-3/h4-6,9-12,15H,7-8,13-14,16H2,1-3H3,(H,22,24). The highest BCUT2D eigenvalue weighted by atomic mass is 16.5. The number of methoxy groups -OCH3 is 3. The number of carbonyl (C=O) groups is 1. The van der Waals surface area contributed by atoms with Crippen LogP contribution < -0.4 is 14.8 Å². The zero-order valence-corrected chi connectivity index (χ0v) is 16.2. The molecule has 2 aromatic rings. The average Bonchev–Trinajstić information content (AvgIpc) is 2.70. The highest BCUT2D eigenvalue weighted by Gasteiger charge is 2.16. The topological polar surface area (TPSA) is 60.0 Å². The highest BCUT2D eigenvalue weighted by molar-refractivity contribution is 5.91. The molecular formula is C21H28N2O4. The van der Waals surface area contributed by atoms with Gasteiger partial charge < -0.3 is 24.4 Å². The van der Waals surface area contributed by atoms with Gasteiger partial charge in [-0.05, 0) is 30.5 Å². The number of benzene rings is 2. The van der Waals surface area contributed by atoms with E-state index in [2.05, 4.69) is 5.32 Å². The Balaban J connectivity index is 2.12. The number of hydrogen-bond acceptors (Lipinski definition) is 4. The molecule has 0 aliphatic carbocycles. The molecule has 0 saturated heterocycles. The zero-order valence-electron chi connectivity index (χ0n) is 16.2. The van der Waals surface area contributed by atoms with Gasteiger partial charge in [0.15, 0.2) is 0 Å². The van der Waals surface area contributed by atoms with Gasteiger partial charge in [-0.25, -0.2) is 4.79 Å². The fourth-order valence-electron chi connectivity index (χ4n) is 2.71. The maximum atomic E-state index is 12.9. The van der Waals surface area contributed by atoms with Crippen molar-refractivity contribution in [1.29, 1.82) is 0 Å². The Morgan fingerprint density at radius 2 is 1.78 bits per heavy atom. The van der Waals surface area contributed by atoms with Crippen molar-refractivity contribution in [3.8, 4) is 11.5 Å². The van der Waals surface area contributed by atoms with Crippen molar-refractivity contribution >= 4 is 11.7 Å². The third kappa shape index (κ3) is 6.49. The molecule has 0 aliphatic rings. The average molecular weight is 372 g/mol. The van der Waals surface area contributed by atoms with Gasteiger partial charge in [-0.1, -0.05) is 30.3 Å². The van der Waals surface area contributed by atoms with Crippen molar-refractivity contribution in [2.45, 2.75) is 19.4 Å². The van der Waals surface area contributed by atoms with Crippen LogP contribution in [0.15, 0.2) is 48.5 Å². The predicted octanol–water partition coefficient (Wildman–Crippen LogP) is 4.16. The normalized spacial score (nSPS) is 10.3. The van der Waals surface area contributed by atoms with Crippen molar-refractivity contribution in [2.24, 2.45) is 0 Å². The van der Waals surface area contributed by atoms with Crippen LogP contribution >= 0.6 is 0 Å². The molecule has 2 aromatic carbocycles. The van der Waals surface area contributed by atoms with Gasteiger partial charge in [-0.2, -0.15) is 0 Å². The van der Waals surface area contributed by atoms with Crippen LogP contribution in [0, 0.1) is 0 Å². The summed E-state index contributed by atoms with van der Waals surface area (Å²) < 4.78 is 15.7. The number of urea groups is 1. The minimum atomic E-state index is -0.178. The Kier molecular flexibility index (Phi) is 8.45. The van der Waals surface area contributed by atoms with Gasteiger partial charge in [-0.15, -0.1) is 0 Å². The molecule has 0 aromatic heterocycles. The highest BCUT2D eigenvalue weighted by Crippen LogP contribution is 2.29. The Bertz CT molecular complexity index is 707. The minimum Gasteiger partial charge on any atom is -0.497 e. The van der Waals surface area contributed by atoms with Crippen LogP contribution in [0.25, 0.3) is 0 Å². The summed E-state index contributed by atoms with van der Waals surface area (Å²) in [5, 5.41) is 2.95. The summed E-state index contributed by atoms with van der Waals surface area (Å²) in [6.07, 6.45) is 1.76. The molecular weight excluding hydrogens is 344 g/mol. The number of nitrogens with zero attached hydrogens (tertiary/aromatic N) is 1. The van der Waals surface area contributed by atoms with Crippen LogP contribution in [0.4, 0.5) is 10.5 Å². The molecule has 146 valence electrons. The van der Waals surface area contributed by atoms with E-state index < -0.39 is 0 Å². The van der Waals surface area contributed by atoms with Crippen LogP contribution in [0.2, 0.25) is 0 Å². The Hall–Kier alpha value is -2.73. The van der Waals surface area contributed by atoms with Crippen LogP contribution in [0.5, 0.6) is 11.5 Å². The van der Waals surface area contributed by atoms with Gasteiger partial charge in [0.05, 0.1) is 19.9 Å². The van der Waals surface area contributed by atoms with E-state index >= 15 is 0 Å². The first kappa shape index (κ1) is 20.6. The van der Waals surface area contributed by atoms with E-state index in [1.165, 1.54) is 0 Å². The molecule has 0 fully saturated rings. The largest absolute Gasteiger partial charge is 0.497 e. The van der Waals surface area contributed by atoms with Crippen LogP contribution in [-0.2, 0) is 11.3 Å². The quantitative estimate of drug-likeness (QED) is 0.636. The lowest BCUT2D eigenvalue weighted by Gasteiger charge is -2.24. The van der Waals surface area contributed by atoms with E-state index in [9.17, 15) is 4.79 Å². The molecule has 6 nitrogen and oxygen atoms in total. The van der Waals surface area contributed by atoms with Gasteiger partial charge in [0.2, 0.25) is 0 Å². The number of hydrogen-bond donors (Lipinski definition) is 1. The smallest absolute Gasteiger partial charge is 0.322 e. The van der Waals surface area contributed by atoms with Crippen molar-refractivity contribution in [3.63, 3.8) is 0 Å². The molecule has 2 rings (SSSR count). The lowest BCUT2D eigenvalue weighted by atomic mass is 10.2. The van der Waals surface area contributed by atoms with E-state index in [0.717, 1.165) is 18.4 Å². The summed E-state index contributed by atoms with van der Waals surface area (Å²) in [5.74, 6) is 1.24. The summed E-state index contributed by atoms with van der Waals surface area (Å²) >= 11 is 0. The van der Waals surface area contributed by atoms with Crippen molar-refractivity contribution in [2.75, 3.05) is 39.8 Å². The third-order valence-corrected chi connectivity index (χ3v) is 4.18. The number of unbranched alkanes of at least 4 members (excludes halogenated alkanes) is 1. The van der Waals surface area contributed by atoms with E-state index in [1.807, 2.05) is 30.3 Å². The van der Waals surface area contributed by atoms with Crippen LogP contribution in [0.1, 0.15) is 18.4 Å². The monoisotopic (exact) mass is 372 g/mol. The summed E-state index contributed by atoms with van der Waals surface area (Å²) in [7, 11) is 4.85. The fraction of sp³-hybridized carbons (Fsp3) is 0.381. The minimum absolute atomic E-state index is 0.178. The molecule has 0 heterocycles. The second-order valence-electron chi connectivity index (χ2n) is 6.10. The van der Waals surface area contributed by atoms with E-state index in [4.69, 9.17) is 14.2 Å². The van der Waals surface area contributed by atoms with E-state index in [0.29, 0.717) is 36.9 Å². The molecule has 0 spiro atoms. The SMILES string of the molecule is COCCCCN(Cc1ccccc1)C(=O)Nc1cc(OC)ccc1OC. The predicted molar refractivity (Wildman–Crippen MR) is 107 cm³/mol. The van der Waals surface area contributed by atoms with Gasteiger partial charge in [0.25, 0.3) is 0 Å². The van der Waals surface area contributed by atoms with E-state index in [-0.39, 0.29) is 6.03 Å². The van der Waals surface area contributed by atoms with Gasteiger partial charge in [-0.3, -0.25) is 0 Å². The summed E-state index contributed by atoms with van der Waals surface area (Å²) in [4.78, 5) is 14.7. The van der Waals surface area contributed by atoms with Crippen molar-refractivity contribution < 1.29 is 19.0 Å². The van der Waals surface area contributed by atoms with Crippen molar-refractivity contribution in [1.82, 2.24) is 4.90 Å². The number of carbonyl (C=O) groups excluding carboxylic acids is 1. The third-order valence-electron chi connectivity index (χ3n) is 4.18. The number of rotatable bonds is 10. The second-order valence-corrected chi connectivity index (χ2v) is 6.10. The second kappa shape index (κ2) is 11.1. The molecule has 1 N–H and O–H groups in total. The van der Waals surface area contributed by atoms with Gasteiger partial charge in [0, 0.05) is 32.9 Å². The lowest BCUT2D eigenvalue weighted by molar-refractivity contribution is 0.182. The molecule has 0 bridgehead atoms. The summed E-state index contributed by atoms with van der Waals surface area (Å²) in [6.45, 7) is 1.85. The maximum absolute atomic E-state index is 12.9. The van der Waals surface area contributed by atoms with Crippen molar-refractivity contribution in [3.05, 3.63) is 54.1 Å². The Labute approximate surface area is 161 Å². The first-order chi connectivity index (χ1) is 13.2. The number of amides is 2. The molecule has 6 heteroatoms. The molecule has 2 amide bonds. The maximum Gasteiger partial charge on any atom is 0.322 e. The van der Waals surface area contributed by atoms with E-state index in [1.54, 1.807) is 44.4 Å². The summed E-state index contributed by atoms with van der Waals surface area (Å²) in [6, 6.07) is 15.1. The molecule has 0 saturated carbocycles. The first-order valence-electron chi connectivity index (χ1n) is 8.98. The zero-order chi connectivity index (χ0) is 19.5. The van der Waals surface area contributed by atoms with Gasteiger partial charge in [0.1, 0.15) is 11.5 Å². The fourth-order valence-corrected chi connectivity index (χ4v) is 2.71. The molecule has 0 radical (unpaired) electrons. The first-order valence-corrected chi connectivity index (χ1v) is 8.98. The Morgan fingerprint density at radius 1 is 1.00 bits per heavy atom. The molecule has 27 heavy (non-hydrogen) atoms. The van der Waals surface area contributed by atoms with Crippen LogP contribution in [-0.4, -0.2) is 45.4 Å². The number of anilines is 1. The lowest BCUT2D eigenvalue weighted by Crippen LogP contribution is -2.35. The Morgan fingerprint density at radius 3 is 2.44 bits per heavy atom. The molecule has 0 atom stereocenters. The number of ether oxygens (including phenoxy) is 3. The van der Waals surface area contributed by atoms with Gasteiger partial charge >= 0.3 is 6.03 Å². The summed E-state index contributed by atoms with van der Waals surface area (Å²) in [5.41, 5.74) is 1.66. The molecule has 0 unspecified atom stereocenters. The molecule has 0 aliphatic heterocycles. The van der Waals surface area contributed by atoms with Crippen LogP contribution in [0.3, 0.4) is 0 Å².